The average Bonchev–Trinajstić information content (AvgIpc) is 1.83. The van der Waals surface area contributed by atoms with Gasteiger partial charge in [0.05, 0.1) is 6.61 Å². The molecule has 0 fully saturated rings. The molecule has 0 unspecified atom stereocenters. The summed E-state index contributed by atoms with van der Waals surface area (Å²) in [6.07, 6.45) is 2.02. The van der Waals surface area contributed by atoms with Crippen LogP contribution in [-0.4, -0.2) is 64.0 Å². The van der Waals surface area contributed by atoms with Crippen LogP contribution in [0.15, 0.2) is 12.7 Å². The summed E-state index contributed by atoms with van der Waals surface area (Å²) in [4.78, 5) is 10.2. The Morgan fingerprint density at radius 1 is 1.78 bits per heavy atom. The van der Waals surface area contributed by atoms with Crippen LogP contribution in [0.3, 0.4) is 0 Å². The van der Waals surface area contributed by atoms with Gasteiger partial charge in [-0.3, -0.25) is 0 Å². The molecule has 0 aromatic heterocycles. The monoisotopic (exact) mass is 154 g/mol. The van der Waals surface area contributed by atoms with E-state index in [0.717, 1.165) is 12.5 Å². The minimum atomic E-state index is -0.341. The molecule has 0 heterocycles. The number of carbonyl (C=O) groups is 1. The summed E-state index contributed by atoms with van der Waals surface area (Å²) in [5, 5.41) is 0. The zero-order valence-corrected chi connectivity index (χ0v) is 5.02. The van der Waals surface area contributed by atoms with Gasteiger partial charge in [0.1, 0.15) is 0 Å². The summed E-state index contributed by atoms with van der Waals surface area (Å²) < 4.78 is 4.58. The molecule has 3 heteroatoms. The van der Waals surface area contributed by atoms with Crippen LogP contribution in [0, 0.1) is 0 Å². The Balaban J connectivity index is 0. The number of hydrogen-bond acceptors (Lipinski definition) is 2. The molecule has 2 nitrogen and oxygen atoms in total. The van der Waals surface area contributed by atoms with Gasteiger partial charge in [0.2, 0.25) is 0 Å². The molecule has 48 valence electrons. The molecule has 0 N–H and O–H groups in total. The molecule has 0 atom stereocenters. The van der Waals surface area contributed by atoms with Gasteiger partial charge in [0.25, 0.3) is 0 Å². The fraction of sp³-hybridized carbons (Fsp3) is 0.500. The number of ether oxygens (including phenoxy) is 1. The van der Waals surface area contributed by atoms with Crippen LogP contribution in [0.25, 0.3) is 0 Å². The molecule has 0 rings (SSSR count). The second-order valence-electron chi connectivity index (χ2n) is 1.37. The van der Waals surface area contributed by atoms with Gasteiger partial charge in [-0.05, 0) is 6.42 Å². The Morgan fingerprint density at radius 3 is 2.67 bits per heavy atom. The first kappa shape index (κ1) is 12.5. The Hall–Kier alpha value is 0.846. The maximum atomic E-state index is 10.2. The topological polar surface area (TPSA) is 26.3 Å². The van der Waals surface area contributed by atoms with Gasteiger partial charge in [-0.25, -0.2) is 4.79 Å². The predicted octanol–water partition coefficient (Wildman–Crippen LogP) is 0.477. The van der Waals surface area contributed by atoms with Crippen LogP contribution in [0.4, 0.5) is 0 Å². The Bertz CT molecular complexity index is 91.1. The van der Waals surface area contributed by atoms with Gasteiger partial charge in [-0.1, -0.05) is 13.5 Å². The van der Waals surface area contributed by atoms with Crippen molar-refractivity contribution in [2.24, 2.45) is 0 Å². The summed E-state index contributed by atoms with van der Waals surface area (Å²) in [5.41, 5.74) is 0. The van der Waals surface area contributed by atoms with Crippen LogP contribution in [-0.2, 0) is 9.53 Å². The fourth-order valence-electron chi connectivity index (χ4n) is 0.262. The van der Waals surface area contributed by atoms with E-state index >= 15 is 0 Å². The van der Waals surface area contributed by atoms with E-state index in [-0.39, 0.29) is 57.4 Å². The van der Waals surface area contributed by atoms with E-state index in [9.17, 15) is 4.79 Å². The molecular weight excluding hydrogens is 143 g/mol. The average molecular weight is 154 g/mol. The molecule has 0 aromatic rings. The molecule has 0 saturated heterocycles. The van der Waals surface area contributed by atoms with Gasteiger partial charge in [-0.2, -0.15) is 0 Å². The molecule has 9 heavy (non-hydrogen) atoms. The second kappa shape index (κ2) is 8.85. The zero-order valence-electron chi connectivity index (χ0n) is 5.02. The molecule has 0 radical (unpaired) electrons. The number of carbonyl (C=O) groups excluding carboxylic acids is 1. The molecular formula is C6H11KO2. The van der Waals surface area contributed by atoms with Gasteiger partial charge in [0.15, 0.2) is 0 Å². The van der Waals surface area contributed by atoms with Gasteiger partial charge in [-0.15, -0.1) is 0 Å². The van der Waals surface area contributed by atoms with Crippen LogP contribution < -0.4 is 0 Å². The number of hydrogen-bond donors (Lipinski definition) is 0. The Labute approximate surface area is 98.1 Å². The molecule has 0 saturated carbocycles. The third-order valence-electron chi connectivity index (χ3n) is 0.615. The normalized spacial score (nSPS) is 7.22. The van der Waals surface area contributed by atoms with Crippen LogP contribution in [0.2, 0.25) is 0 Å². The van der Waals surface area contributed by atoms with Crippen molar-refractivity contribution in [1.29, 1.82) is 0 Å². The first-order valence-electron chi connectivity index (χ1n) is 2.60. The van der Waals surface area contributed by atoms with Crippen molar-refractivity contribution in [2.75, 3.05) is 6.61 Å². The van der Waals surface area contributed by atoms with E-state index in [1.807, 2.05) is 6.92 Å². The Morgan fingerprint density at radius 2 is 2.33 bits per heavy atom. The van der Waals surface area contributed by atoms with Crippen molar-refractivity contribution < 1.29 is 9.53 Å². The van der Waals surface area contributed by atoms with Crippen molar-refractivity contribution >= 4 is 57.4 Å². The molecule has 0 aliphatic heterocycles. The fourth-order valence-corrected chi connectivity index (χ4v) is 0.262. The summed E-state index contributed by atoms with van der Waals surface area (Å²) in [5.74, 6) is -0.341. The number of rotatable bonds is 3. The standard InChI is InChI=1S/C6H10O2.K.H/c1-3-5-8-6(7)4-2;;/h4H,2-3,5H2,1H3;;. The summed E-state index contributed by atoms with van der Waals surface area (Å²) in [7, 11) is 0. The van der Waals surface area contributed by atoms with E-state index in [2.05, 4.69) is 11.3 Å². The first-order valence-corrected chi connectivity index (χ1v) is 2.60. The molecule has 0 aromatic carbocycles. The zero-order chi connectivity index (χ0) is 6.41. The number of esters is 1. The minimum absolute atomic E-state index is 0. The van der Waals surface area contributed by atoms with Crippen LogP contribution in [0.1, 0.15) is 13.3 Å². The van der Waals surface area contributed by atoms with Crippen molar-refractivity contribution in [3.05, 3.63) is 12.7 Å². The summed E-state index contributed by atoms with van der Waals surface area (Å²) in [6, 6.07) is 0. The van der Waals surface area contributed by atoms with Crippen molar-refractivity contribution in [2.45, 2.75) is 13.3 Å². The van der Waals surface area contributed by atoms with E-state index in [1.54, 1.807) is 0 Å². The molecule has 0 bridgehead atoms. The van der Waals surface area contributed by atoms with Crippen molar-refractivity contribution in [3.63, 3.8) is 0 Å². The molecule has 0 aliphatic carbocycles. The quantitative estimate of drug-likeness (QED) is 0.336. The summed E-state index contributed by atoms with van der Waals surface area (Å²) >= 11 is 0. The first-order chi connectivity index (χ1) is 3.81. The van der Waals surface area contributed by atoms with E-state index < -0.39 is 0 Å². The van der Waals surface area contributed by atoms with E-state index in [0.29, 0.717) is 6.61 Å². The molecule has 0 spiro atoms. The van der Waals surface area contributed by atoms with Gasteiger partial charge < -0.3 is 4.74 Å². The third kappa shape index (κ3) is 8.85. The van der Waals surface area contributed by atoms with E-state index in [1.165, 1.54) is 0 Å². The van der Waals surface area contributed by atoms with Crippen molar-refractivity contribution in [3.8, 4) is 0 Å². The summed E-state index contributed by atoms with van der Waals surface area (Å²) in [6.45, 7) is 5.67. The van der Waals surface area contributed by atoms with Gasteiger partial charge >= 0.3 is 57.4 Å². The predicted molar refractivity (Wildman–Crippen MR) is 38.6 cm³/mol. The van der Waals surface area contributed by atoms with Crippen LogP contribution in [0.5, 0.6) is 0 Å². The maximum absolute atomic E-state index is 10.2. The second-order valence-corrected chi connectivity index (χ2v) is 1.37. The Kier molecular flexibility index (Phi) is 12.3. The molecule has 0 aliphatic rings. The van der Waals surface area contributed by atoms with E-state index in [4.69, 9.17) is 0 Å². The molecule has 0 amide bonds. The van der Waals surface area contributed by atoms with Gasteiger partial charge in [0, 0.05) is 6.08 Å². The SMILES string of the molecule is C=CC(=O)OCCC.[KH]. The third-order valence-corrected chi connectivity index (χ3v) is 0.615. The van der Waals surface area contributed by atoms with Crippen molar-refractivity contribution in [1.82, 2.24) is 0 Å². The van der Waals surface area contributed by atoms with Crippen LogP contribution >= 0.6 is 0 Å².